The highest BCUT2D eigenvalue weighted by Crippen LogP contribution is 2.23. The molecule has 0 amide bonds. The van der Waals surface area contributed by atoms with Gasteiger partial charge in [0, 0.05) is 30.4 Å². The lowest BCUT2D eigenvalue weighted by Gasteiger charge is -2.46. The van der Waals surface area contributed by atoms with Gasteiger partial charge in [0.1, 0.15) is 5.82 Å². The van der Waals surface area contributed by atoms with E-state index in [-0.39, 0.29) is 5.54 Å². The molecule has 1 aromatic rings. The maximum atomic E-state index is 5.91. The van der Waals surface area contributed by atoms with E-state index in [0.29, 0.717) is 0 Å². The molecule has 69 valence electrons. The maximum absolute atomic E-state index is 5.91. The Labute approximate surface area is 78.6 Å². The molecule has 1 radical (unpaired) electrons. The van der Waals surface area contributed by atoms with Crippen molar-refractivity contribution in [1.29, 1.82) is 0 Å². The number of hydrogen-bond acceptors (Lipinski definition) is 3. The second-order valence-corrected chi connectivity index (χ2v) is 4.04. The van der Waals surface area contributed by atoms with Gasteiger partial charge in [0.15, 0.2) is 0 Å². The van der Waals surface area contributed by atoms with E-state index >= 15 is 0 Å². The molecule has 1 aromatic heterocycles. The molecular weight excluding hydrogens is 162 g/mol. The second-order valence-electron chi connectivity index (χ2n) is 4.04. The zero-order valence-corrected chi connectivity index (χ0v) is 8.04. The monoisotopic (exact) mass is 176 g/mol. The van der Waals surface area contributed by atoms with Crippen molar-refractivity contribution in [3.05, 3.63) is 23.9 Å². The van der Waals surface area contributed by atoms with Crippen LogP contribution in [0.15, 0.2) is 12.1 Å². The molecule has 0 spiro atoms. The predicted molar refractivity (Wildman–Crippen MR) is 52.6 cm³/mol. The number of nitrogens with two attached hydrogens (primary N) is 1. The van der Waals surface area contributed by atoms with E-state index in [4.69, 9.17) is 5.73 Å². The molecule has 0 aromatic carbocycles. The summed E-state index contributed by atoms with van der Waals surface area (Å²) >= 11 is 0. The largest absolute Gasteiger partial charge is 0.353 e. The van der Waals surface area contributed by atoms with Gasteiger partial charge in [0.2, 0.25) is 0 Å². The number of rotatable bonds is 1. The molecule has 0 atom stereocenters. The van der Waals surface area contributed by atoms with Crippen LogP contribution in [0.1, 0.15) is 12.6 Å². The Balaban J connectivity index is 2.11. The number of aryl methyl sites for hydroxylation is 1. The first-order chi connectivity index (χ1) is 6.07. The Bertz CT molecular complexity index is 312. The van der Waals surface area contributed by atoms with Gasteiger partial charge in [-0.1, -0.05) is 0 Å². The van der Waals surface area contributed by atoms with Crippen molar-refractivity contribution in [3.8, 4) is 0 Å². The Kier molecular flexibility index (Phi) is 1.77. The summed E-state index contributed by atoms with van der Waals surface area (Å²) in [4.78, 5) is 6.56. The van der Waals surface area contributed by atoms with Crippen molar-refractivity contribution >= 4 is 5.82 Å². The first-order valence-electron chi connectivity index (χ1n) is 4.46. The summed E-state index contributed by atoms with van der Waals surface area (Å²) in [5.41, 5.74) is 6.81. The van der Waals surface area contributed by atoms with Crippen molar-refractivity contribution in [3.63, 3.8) is 0 Å². The fraction of sp³-hybridized carbons (Fsp3) is 0.500. The van der Waals surface area contributed by atoms with Crippen molar-refractivity contribution in [2.24, 2.45) is 5.73 Å². The summed E-state index contributed by atoms with van der Waals surface area (Å²) in [5.74, 6) is 1.01. The third kappa shape index (κ3) is 1.65. The van der Waals surface area contributed by atoms with Gasteiger partial charge in [-0.25, -0.2) is 4.98 Å². The Morgan fingerprint density at radius 1 is 1.62 bits per heavy atom. The van der Waals surface area contributed by atoms with Gasteiger partial charge in [-0.3, -0.25) is 0 Å². The van der Waals surface area contributed by atoms with Crippen LogP contribution in [0.2, 0.25) is 0 Å². The van der Waals surface area contributed by atoms with Crippen LogP contribution >= 0.6 is 0 Å². The molecule has 1 fully saturated rings. The van der Waals surface area contributed by atoms with Crippen LogP contribution in [0.4, 0.5) is 5.82 Å². The molecule has 0 saturated carbocycles. The SMILES string of the molecule is Cc1[c]ccc(N2CC(C)(N)C2)n1. The van der Waals surface area contributed by atoms with Crippen LogP contribution in [0.25, 0.3) is 0 Å². The lowest BCUT2D eigenvalue weighted by atomic mass is 9.94. The number of nitrogens with zero attached hydrogens (tertiary/aromatic N) is 2. The van der Waals surface area contributed by atoms with Crippen molar-refractivity contribution in [1.82, 2.24) is 4.98 Å². The van der Waals surface area contributed by atoms with Crippen LogP contribution in [0, 0.1) is 13.0 Å². The summed E-state index contributed by atoms with van der Waals surface area (Å²) in [6.45, 7) is 5.79. The van der Waals surface area contributed by atoms with E-state index in [9.17, 15) is 0 Å². The zero-order chi connectivity index (χ0) is 9.47. The normalized spacial score (nSPS) is 19.8. The van der Waals surface area contributed by atoms with Gasteiger partial charge in [0.25, 0.3) is 0 Å². The Hall–Kier alpha value is -1.09. The molecule has 1 aliphatic rings. The quantitative estimate of drug-likeness (QED) is 0.686. The molecule has 2 heterocycles. The molecule has 13 heavy (non-hydrogen) atoms. The number of hydrogen-bond donors (Lipinski definition) is 1. The predicted octanol–water partition coefficient (Wildman–Crippen LogP) is 0.728. The van der Waals surface area contributed by atoms with Crippen molar-refractivity contribution in [2.45, 2.75) is 19.4 Å². The van der Waals surface area contributed by atoms with Gasteiger partial charge < -0.3 is 10.6 Å². The van der Waals surface area contributed by atoms with E-state index in [1.165, 1.54) is 0 Å². The Morgan fingerprint density at radius 3 is 2.85 bits per heavy atom. The second kappa shape index (κ2) is 2.70. The number of pyridine rings is 1. The zero-order valence-electron chi connectivity index (χ0n) is 8.04. The van der Waals surface area contributed by atoms with E-state index in [1.807, 2.05) is 19.1 Å². The summed E-state index contributed by atoms with van der Waals surface area (Å²) in [6, 6.07) is 6.91. The highest BCUT2D eigenvalue weighted by Gasteiger charge is 2.35. The van der Waals surface area contributed by atoms with Gasteiger partial charge in [0.05, 0.1) is 0 Å². The molecule has 0 aliphatic carbocycles. The van der Waals surface area contributed by atoms with Crippen LogP contribution in [0.5, 0.6) is 0 Å². The summed E-state index contributed by atoms with van der Waals surface area (Å²) in [6.07, 6.45) is 0. The third-order valence-electron chi connectivity index (χ3n) is 2.24. The van der Waals surface area contributed by atoms with Gasteiger partial charge in [-0.15, -0.1) is 0 Å². The van der Waals surface area contributed by atoms with Crippen LogP contribution < -0.4 is 10.6 Å². The minimum absolute atomic E-state index is 0.0326. The minimum Gasteiger partial charge on any atom is -0.353 e. The molecule has 1 aliphatic heterocycles. The first-order valence-corrected chi connectivity index (χ1v) is 4.46. The van der Waals surface area contributed by atoms with Crippen molar-refractivity contribution in [2.75, 3.05) is 18.0 Å². The molecule has 0 unspecified atom stereocenters. The Morgan fingerprint density at radius 2 is 2.31 bits per heavy atom. The van der Waals surface area contributed by atoms with Crippen LogP contribution in [-0.4, -0.2) is 23.6 Å². The first kappa shape index (κ1) is 8.51. The average molecular weight is 176 g/mol. The molecule has 3 heteroatoms. The van der Waals surface area contributed by atoms with Gasteiger partial charge in [-0.05, 0) is 26.0 Å². The van der Waals surface area contributed by atoms with Gasteiger partial charge in [-0.2, -0.15) is 0 Å². The van der Waals surface area contributed by atoms with Crippen LogP contribution in [-0.2, 0) is 0 Å². The number of anilines is 1. The number of aromatic nitrogens is 1. The third-order valence-corrected chi connectivity index (χ3v) is 2.24. The van der Waals surface area contributed by atoms with Crippen molar-refractivity contribution < 1.29 is 0 Å². The lowest BCUT2D eigenvalue weighted by Crippen LogP contribution is -2.65. The fourth-order valence-electron chi connectivity index (χ4n) is 1.64. The van der Waals surface area contributed by atoms with E-state index in [1.54, 1.807) is 0 Å². The van der Waals surface area contributed by atoms with Gasteiger partial charge >= 0.3 is 0 Å². The van der Waals surface area contributed by atoms with E-state index in [0.717, 1.165) is 24.6 Å². The molecule has 1 saturated heterocycles. The summed E-state index contributed by atoms with van der Waals surface area (Å²) < 4.78 is 0. The summed E-state index contributed by atoms with van der Waals surface area (Å²) in [7, 11) is 0. The molecule has 2 rings (SSSR count). The molecule has 0 bridgehead atoms. The smallest absolute Gasteiger partial charge is 0.128 e. The van der Waals surface area contributed by atoms with Crippen LogP contribution in [0.3, 0.4) is 0 Å². The summed E-state index contributed by atoms with van der Waals surface area (Å²) in [5, 5.41) is 0. The highest BCUT2D eigenvalue weighted by molar-refractivity contribution is 5.44. The lowest BCUT2D eigenvalue weighted by molar-refractivity contribution is 0.363. The van der Waals surface area contributed by atoms with E-state index in [2.05, 4.69) is 22.9 Å². The molecule has 2 N–H and O–H groups in total. The highest BCUT2D eigenvalue weighted by atomic mass is 15.3. The molecule has 3 nitrogen and oxygen atoms in total. The average Bonchev–Trinajstić information content (AvgIpc) is 2.00. The molecular formula is C10H14N3. The topological polar surface area (TPSA) is 42.1 Å². The maximum Gasteiger partial charge on any atom is 0.128 e. The minimum atomic E-state index is -0.0326. The van der Waals surface area contributed by atoms with E-state index < -0.39 is 0 Å². The standard InChI is InChI=1S/C10H14N3/c1-8-4-3-5-9(12-8)13-6-10(2,11)7-13/h3,5H,6-7,11H2,1-2H3. The fourth-order valence-corrected chi connectivity index (χ4v) is 1.64.